The molecule has 1 heterocycles. The first-order chi connectivity index (χ1) is 14.6. The van der Waals surface area contributed by atoms with Crippen molar-refractivity contribution in [3.8, 4) is 5.69 Å². The van der Waals surface area contributed by atoms with Gasteiger partial charge < -0.3 is 10.2 Å². The fourth-order valence-electron chi connectivity index (χ4n) is 4.15. The van der Waals surface area contributed by atoms with Gasteiger partial charge in [0, 0.05) is 24.3 Å². The van der Waals surface area contributed by atoms with Crippen molar-refractivity contribution in [3.63, 3.8) is 0 Å². The third-order valence-corrected chi connectivity index (χ3v) is 5.93. The molecule has 5 nitrogen and oxygen atoms in total. The van der Waals surface area contributed by atoms with E-state index in [0.717, 1.165) is 54.7 Å². The Morgan fingerprint density at radius 1 is 1.13 bits per heavy atom. The maximum atomic E-state index is 13.0. The zero-order valence-electron chi connectivity index (χ0n) is 18.1. The van der Waals surface area contributed by atoms with Gasteiger partial charge in [0.25, 0.3) is 5.91 Å². The average Bonchev–Trinajstić information content (AvgIpc) is 3.36. The van der Waals surface area contributed by atoms with Gasteiger partial charge in [-0.1, -0.05) is 49.4 Å². The van der Waals surface area contributed by atoms with Crippen LogP contribution in [0.5, 0.6) is 0 Å². The first-order valence-electron chi connectivity index (χ1n) is 10.8. The molecule has 0 radical (unpaired) electrons. The van der Waals surface area contributed by atoms with Crippen LogP contribution < -0.4 is 5.32 Å². The predicted molar refractivity (Wildman–Crippen MR) is 120 cm³/mol. The minimum Gasteiger partial charge on any atom is -0.347 e. The third kappa shape index (κ3) is 4.17. The topological polar surface area (TPSA) is 50.2 Å². The van der Waals surface area contributed by atoms with E-state index in [1.54, 1.807) is 0 Å². The van der Waals surface area contributed by atoms with Crippen molar-refractivity contribution in [2.75, 3.05) is 13.6 Å². The summed E-state index contributed by atoms with van der Waals surface area (Å²) in [5, 5.41) is 7.83. The third-order valence-electron chi connectivity index (χ3n) is 5.93. The van der Waals surface area contributed by atoms with Crippen LogP contribution in [-0.2, 0) is 25.9 Å². The number of para-hydroxylation sites is 1. The second-order valence-electron chi connectivity index (χ2n) is 8.16. The minimum atomic E-state index is -0.0865. The molecular formula is C25H30N4O. The molecule has 0 atom stereocenters. The van der Waals surface area contributed by atoms with Gasteiger partial charge in [-0.2, -0.15) is 5.10 Å². The molecule has 0 saturated carbocycles. The molecular weight excluding hydrogens is 372 g/mol. The fourth-order valence-corrected chi connectivity index (χ4v) is 4.15. The molecule has 1 aromatic heterocycles. The maximum absolute atomic E-state index is 13.0. The van der Waals surface area contributed by atoms with Gasteiger partial charge in [-0.15, -0.1) is 0 Å². The van der Waals surface area contributed by atoms with Crippen LogP contribution in [0.25, 0.3) is 5.69 Å². The molecule has 0 bridgehead atoms. The summed E-state index contributed by atoms with van der Waals surface area (Å²) in [7, 11) is 2.11. The zero-order valence-corrected chi connectivity index (χ0v) is 18.1. The molecule has 4 rings (SSSR count). The number of nitrogens with zero attached hydrogens (tertiary/aromatic N) is 3. The number of benzene rings is 2. The van der Waals surface area contributed by atoms with E-state index in [9.17, 15) is 4.79 Å². The lowest BCUT2D eigenvalue weighted by Gasteiger charge is -2.14. The summed E-state index contributed by atoms with van der Waals surface area (Å²) in [5.74, 6) is -0.0865. The van der Waals surface area contributed by atoms with Crippen LogP contribution in [0.15, 0.2) is 48.5 Å². The molecule has 1 aliphatic rings. The lowest BCUT2D eigenvalue weighted by Crippen LogP contribution is -2.24. The highest BCUT2D eigenvalue weighted by Crippen LogP contribution is 2.28. The van der Waals surface area contributed by atoms with Crippen molar-refractivity contribution in [1.29, 1.82) is 0 Å². The standard InChI is InChI=1S/C25H30N4O/c1-4-28(3)17-20-11-7-10-19(15-20)16-26-25(30)24-21-12-8-14-23(21)29(27-24)22-13-6-5-9-18(22)2/h5-7,9-11,13,15H,4,8,12,14,16-17H2,1-3H3,(H,26,30). The number of hydrogen-bond donors (Lipinski definition) is 1. The summed E-state index contributed by atoms with van der Waals surface area (Å²) in [6.07, 6.45) is 2.96. The molecule has 0 aliphatic heterocycles. The van der Waals surface area contributed by atoms with Crippen molar-refractivity contribution in [1.82, 2.24) is 20.0 Å². The van der Waals surface area contributed by atoms with E-state index in [1.165, 1.54) is 11.3 Å². The SMILES string of the molecule is CCN(C)Cc1cccc(CNC(=O)c2nn(-c3ccccc3C)c3c2CCC3)c1. The second-order valence-corrected chi connectivity index (χ2v) is 8.16. The number of aryl methyl sites for hydroxylation is 1. The van der Waals surface area contributed by atoms with Crippen LogP contribution >= 0.6 is 0 Å². The molecule has 0 fully saturated rings. The molecule has 0 spiro atoms. The first-order valence-corrected chi connectivity index (χ1v) is 10.8. The van der Waals surface area contributed by atoms with Crippen LogP contribution in [0.1, 0.15) is 51.8 Å². The van der Waals surface area contributed by atoms with Crippen LogP contribution in [0.3, 0.4) is 0 Å². The van der Waals surface area contributed by atoms with Crippen molar-refractivity contribution in [2.24, 2.45) is 0 Å². The van der Waals surface area contributed by atoms with Gasteiger partial charge in [0.1, 0.15) is 0 Å². The molecule has 5 heteroatoms. The molecule has 1 N–H and O–H groups in total. The van der Waals surface area contributed by atoms with E-state index in [0.29, 0.717) is 12.2 Å². The molecule has 3 aromatic rings. The van der Waals surface area contributed by atoms with E-state index in [4.69, 9.17) is 5.10 Å². The molecule has 2 aromatic carbocycles. The summed E-state index contributed by atoms with van der Waals surface area (Å²) in [5.41, 5.74) is 7.45. The number of carbonyl (C=O) groups is 1. The number of carbonyl (C=O) groups excluding carboxylic acids is 1. The minimum absolute atomic E-state index is 0.0865. The molecule has 1 amide bonds. The van der Waals surface area contributed by atoms with Crippen molar-refractivity contribution in [3.05, 3.63) is 82.2 Å². The molecule has 156 valence electrons. The monoisotopic (exact) mass is 402 g/mol. The van der Waals surface area contributed by atoms with E-state index < -0.39 is 0 Å². The highest BCUT2D eigenvalue weighted by atomic mass is 16.1. The smallest absolute Gasteiger partial charge is 0.272 e. The van der Waals surface area contributed by atoms with Crippen molar-refractivity contribution < 1.29 is 4.79 Å². The number of nitrogens with one attached hydrogen (secondary N) is 1. The van der Waals surface area contributed by atoms with Gasteiger partial charge in [-0.05, 0) is 62.5 Å². The van der Waals surface area contributed by atoms with Gasteiger partial charge in [-0.3, -0.25) is 4.79 Å². The average molecular weight is 403 g/mol. The summed E-state index contributed by atoms with van der Waals surface area (Å²) < 4.78 is 1.98. The van der Waals surface area contributed by atoms with Crippen molar-refractivity contribution in [2.45, 2.75) is 46.2 Å². The molecule has 1 aliphatic carbocycles. The Morgan fingerprint density at radius 2 is 1.93 bits per heavy atom. The molecule has 30 heavy (non-hydrogen) atoms. The number of amides is 1. The summed E-state index contributed by atoms with van der Waals surface area (Å²) in [4.78, 5) is 15.3. The number of rotatable bonds is 7. The van der Waals surface area contributed by atoms with Crippen LogP contribution in [0.2, 0.25) is 0 Å². The van der Waals surface area contributed by atoms with E-state index in [2.05, 4.69) is 67.5 Å². The quantitative estimate of drug-likeness (QED) is 0.649. The zero-order chi connectivity index (χ0) is 21.1. The van der Waals surface area contributed by atoms with Gasteiger partial charge >= 0.3 is 0 Å². The Balaban J connectivity index is 1.52. The summed E-state index contributed by atoms with van der Waals surface area (Å²) >= 11 is 0. The fraction of sp³-hybridized carbons (Fsp3) is 0.360. The summed E-state index contributed by atoms with van der Waals surface area (Å²) in [6.45, 7) is 6.66. The highest BCUT2D eigenvalue weighted by Gasteiger charge is 2.27. The second kappa shape index (κ2) is 8.84. The van der Waals surface area contributed by atoms with E-state index in [1.807, 2.05) is 16.8 Å². The molecule has 0 unspecified atom stereocenters. The van der Waals surface area contributed by atoms with Gasteiger partial charge in [0.05, 0.1) is 5.69 Å². The van der Waals surface area contributed by atoms with Crippen LogP contribution in [0, 0.1) is 6.92 Å². The Labute approximate surface area is 178 Å². The molecule has 0 saturated heterocycles. The Kier molecular flexibility index (Phi) is 6.00. The van der Waals surface area contributed by atoms with Crippen LogP contribution in [0.4, 0.5) is 0 Å². The lowest BCUT2D eigenvalue weighted by atomic mass is 10.1. The number of fused-ring (bicyclic) bond motifs is 1. The van der Waals surface area contributed by atoms with E-state index >= 15 is 0 Å². The largest absolute Gasteiger partial charge is 0.347 e. The Bertz CT molecular complexity index is 1050. The first kappa shape index (κ1) is 20.4. The lowest BCUT2D eigenvalue weighted by molar-refractivity contribution is 0.0944. The summed E-state index contributed by atoms with van der Waals surface area (Å²) in [6, 6.07) is 16.6. The predicted octanol–water partition coefficient (Wildman–Crippen LogP) is 4.05. The number of aromatic nitrogens is 2. The van der Waals surface area contributed by atoms with Gasteiger partial charge in [0.15, 0.2) is 5.69 Å². The van der Waals surface area contributed by atoms with Gasteiger partial charge in [-0.25, -0.2) is 4.68 Å². The normalized spacial score (nSPS) is 12.9. The van der Waals surface area contributed by atoms with Gasteiger partial charge in [0.2, 0.25) is 0 Å². The maximum Gasteiger partial charge on any atom is 0.272 e. The van der Waals surface area contributed by atoms with Crippen LogP contribution in [-0.4, -0.2) is 34.2 Å². The van der Waals surface area contributed by atoms with Crippen molar-refractivity contribution >= 4 is 5.91 Å². The highest BCUT2D eigenvalue weighted by molar-refractivity contribution is 5.94. The Hall–Kier alpha value is -2.92. The Morgan fingerprint density at radius 3 is 2.73 bits per heavy atom. The van der Waals surface area contributed by atoms with E-state index in [-0.39, 0.29) is 5.91 Å². The number of hydrogen-bond acceptors (Lipinski definition) is 3.